The van der Waals surface area contributed by atoms with Crippen molar-refractivity contribution in [3.05, 3.63) is 199 Å². The molecule has 0 bridgehead atoms. The van der Waals surface area contributed by atoms with Crippen LogP contribution in [0.25, 0.3) is 12.2 Å². The van der Waals surface area contributed by atoms with Crippen LogP contribution in [-0.2, 0) is 38.6 Å². The third-order valence-corrected chi connectivity index (χ3v) is 15.6. The molecular weight excluding hydrogens is 1010 g/mol. The molecule has 0 radical (unpaired) electrons. The quantitative estimate of drug-likeness (QED) is 0.0972. The maximum absolute atomic E-state index is 14.9. The number of rotatable bonds is 14. The van der Waals surface area contributed by atoms with Gasteiger partial charge in [0.05, 0.1) is 57.7 Å². The van der Waals surface area contributed by atoms with E-state index in [0.29, 0.717) is 60.7 Å². The van der Waals surface area contributed by atoms with Crippen LogP contribution in [0.1, 0.15) is 57.0 Å². The monoisotopic (exact) mass is 1050 g/mol. The summed E-state index contributed by atoms with van der Waals surface area (Å²) < 4.78 is 134. The average molecular weight is 1050 g/mol. The molecule has 2 fully saturated rings. The average Bonchev–Trinajstić information content (AvgIpc) is 4.04. The Morgan fingerprint density at radius 1 is 0.515 bits per heavy atom. The molecule has 2 aliphatic rings. The predicted molar refractivity (Wildman–Crippen MR) is 251 cm³/mol. The Labute approximate surface area is 409 Å². The Morgan fingerprint density at radius 2 is 0.868 bits per heavy atom. The van der Waals surface area contributed by atoms with Gasteiger partial charge in [0.2, 0.25) is 0 Å². The molecule has 4 heterocycles. The highest BCUT2D eigenvalue weighted by atomic mass is 35.5. The topological polar surface area (TPSA) is 131 Å². The van der Waals surface area contributed by atoms with Crippen LogP contribution in [0.5, 0.6) is 0 Å². The molecule has 0 amide bonds. The summed E-state index contributed by atoms with van der Waals surface area (Å²) in [7, 11) is -8.56. The van der Waals surface area contributed by atoms with Gasteiger partial charge in [0.25, 0.3) is 0 Å². The first kappa shape index (κ1) is 51.1. The molecular formula is C48H38Cl4F4N2O8S2. The minimum absolute atomic E-state index is 0.00851. The lowest BCUT2D eigenvalue weighted by Crippen LogP contribution is -2.18. The number of hydrogen-bond donors (Lipinski definition) is 0. The third-order valence-electron chi connectivity index (χ3n) is 10.4. The van der Waals surface area contributed by atoms with Gasteiger partial charge >= 0.3 is 0 Å². The normalized spacial score (nSPS) is 15.8. The molecule has 68 heavy (non-hydrogen) atoms. The Kier molecular flexibility index (Phi) is 17.1. The lowest BCUT2D eigenvalue weighted by atomic mass is 10.0. The fraction of sp³-hybridized carbons (Fsp3) is 0.208. The molecule has 2 unspecified atom stereocenters. The lowest BCUT2D eigenvalue weighted by Gasteiger charge is -2.21. The van der Waals surface area contributed by atoms with Crippen LogP contribution in [0.15, 0.2) is 131 Å². The van der Waals surface area contributed by atoms with Crippen molar-refractivity contribution >= 4 is 78.2 Å². The molecule has 0 aliphatic carbocycles. The molecule has 6 aromatic rings. The molecule has 4 aromatic carbocycles. The van der Waals surface area contributed by atoms with E-state index in [-0.39, 0.29) is 54.7 Å². The first-order chi connectivity index (χ1) is 32.5. The lowest BCUT2D eigenvalue weighted by molar-refractivity contribution is -0.0381. The van der Waals surface area contributed by atoms with E-state index >= 15 is 0 Å². The molecule has 2 atom stereocenters. The number of hydrogen-bond acceptors (Lipinski definition) is 10. The number of halogens is 8. The molecule has 10 nitrogen and oxygen atoms in total. The second-order valence-electron chi connectivity index (χ2n) is 15.0. The van der Waals surface area contributed by atoms with Gasteiger partial charge in [0.15, 0.2) is 32.3 Å². The van der Waals surface area contributed by atoms with Gasteiger partial charge in [-0.2, -0.15) is 0 Å². The molecule has 20 heteroatoms. The van der Waals surface area contributed by atoms with Gasteiger partial charge in [-0.15, -0.1) is 0 Å². The van der Waals surface area contributed by atoms with E-state index in [4.69, 9.17) is 65.4 Å². The number of sulfone groups is 2. The second-order valence-corrected chi connectivity index (χ2v) is 20.7. The maximum atomic E-state index is 14.9. The van der Waals surface area contributed by atoms with Crippen LogP contribution in [0, 0.1) is 23.3 Å². The highest BCUT2D eigenvalue weighted by Crippen LogP contribution is 2.42. The van der Waals surface area contributed by atoms with Gasteiger partial charge in [-0.25, -0.2) is 34.4 Å². The summed E-state index contributed by atoms with van der Waals surface area (Å²) in [5.41, 5.74) is 0.140. The number of nitrogens with zero attached hydrogens (tertiary/aromatic N) is 2. The van der Waals surface area contributed by atoms with Crippen molar-refractivity contribution in [1.29, 1.82) is 0 Å². The molecule has 2 aromatic heterocycles. The van der Waals surface area contributed by atoms with E-state index in [2.05, 4.69) is 9.97 Å². The van der Waals surface area contributed by atoms with E-state index in [0.717, 1.165) is 36.4 Å². The molecule has 0 saturated carbocycles. The molecule has 0 spiro atoms. The van der Waals surface area contributed by atoms with E-state index in [1.165, 1.54) is 73.1 Å². The van der Waals surface area contributed by atoms with Gasteiger partial charge in [-0.3, -0.25) is 9.97 Å². The molecule has 8 rings (SSSR count). The first-order valence-corrected chi connectivity index (χ1v) is 25.1. The van der Waals surface area contributed by atoms with Crippen molar-refractivity contribution in [2.24, 2.45) is 0 Å². The van der Waals surface area contributed by atoms with Crippen LogP contribution < -0.4 is 0 Å². The van der Waals surface area contributed by atoms with Gasteiger partial charge < -0.3 is 18.9 Å². The fourth-order valence-electron chi connectivity index (χ4n) is 7.17. The van der Waals surface area contributed by atoms with E-state index in [1.807, 2.05) is 0 Å². The number of aromatic nitrogens is 2. The summed E-state index contributed by atoms with van der Waals surface area (Å²) in [5.74, 6) is -3.34. The molecule has 2 aliphatic heterocycles. The van der Waals surface area contributed by atoms with E-state index in [9.17, 15) is 34.4 Å². The standard InChI is InChI=1S/2C24H19Cl2F2NO4S/c2*25-15-4-7-18(8-5-15)34(30,31)24(20-12-16(27)6-9-22(20)28)19-13-17(29-14-21(19)26)2-1-3-23-32-10-11-33-23/h2*1-2,4-9,12-14,23-24H,3,10-11H2/b2-1+;2-1-. The SMILES string of the molecule is O=S(=O)(c1ccc(Cl)cc1)C(c1cc(F)ccc1F)c1cc(/C=C/CC2OCCO2)ncc1Cl.O=S(=O)(c1ccc(Cl)cc1)C(c1cc(F)ccc1F)c1cc(/C=C\CC2OCCO2)ncc1Cl. The largest absolute Gasteiger partial charge is 0.350 e. The van der Waals surface area contributed by atoms with Crippen LogP contribution in [-0.4, -0.2) is 65.8 Å². The highest BCUT2D eigenvalue weighted by Gasteiger charge is 2.37. The maximum Gasteiger partial charge on any atom is 0.189 e. The first-order valence-electron chi connectivity index (χ1n) is 20.5. The molecule has 0 N–H and O–H groups in total. The van der Waals surface area contributed by atoms with E-state index < -0.39 is 53.4 Å². The number of pyridine rings is 2. The van der Waals surface area contributed by atoms with Crippen LogP contribution in [0.2, 0.25) is 20.1 Å². The van der Waals surface area contributed by atoms with Crippen molar-refractivity contribution in [3.63, 3.8) is 0 Å². The summed E-state index contributed by atoms with van der Waals surface area (Å²) in [5, 5.41) is -2.62. The zero-order chi connectivity index (χ0) is 48.6. The summed E-state index contributed by atoms with van der Waals surface area (Å²) in [4.78, 5) is 8.17. The van der Waals surface area contributed by atoms with Gasteiger partial charge in [-0.05, 0) is 120 Å². The molecule has 2 saturated heterocycles. The Balaban J connectivity index is 0.000000201. The summed E-state index contributed by atoms with van der Waals surface area (Å²) in [6, 6.07) is 19.0. The third kappa shape index (κ3) is 12.5. The summed E-state index contributed by atoms with van der Waals surface area (Å²) in [6.45, 7) is 2.08. The minimum atomic E-state index is -4.28. The van der Waals surface area contributed by atoms with Crippen molar-refractivity contribution in [2.45, 2.75) is 45.7 Å². The Bertz CT molecular complexity index is 2830. The van der Waals surface area contributed by atoms with Gasteiger partial charge in [0, 0.05) is 46.4 Å². The van der Waals surface area contributed by atoms with Crippen molar-refractivity contribution in [2.75, 3.05) is 26.4 Å². The predicted octanol–water partition coefficient (Wildman–Crippen LogP) is 12.0. The summed E-state index contributed by atoms with van der Waals surface area (Å²) in [6.07, 6.45) is 9.60. The second kappa shape index (κ2) is 22.8. The van der Waals surface area contributed by atoms with E-state index in [1.54, 1.807) is 24.3 Å². The van der Waals surface area contributed by atoms with Crippen LogP contribution >= 0.6 is 46.4 Å². The Hall–Kier alpha value is -4.72. The fourth-order valence-corrected chi connectivity index (χ4v) is 11.6. The zero-order valence-electron chi connectivity index (χ0n) is 35.3. The van der Waals surface area contributed by atoms with Crippen LogP contribution in [0.4, 0.5) is 17.6 Å². The van der Waals surface area contributed by atoms with Crippen molar-refractivity contribution < 1.29 is 53.3 Å². The Morgan fingerprint density at radius 3 is 1.22 bits per heavy atom. The van der Waals surface area contributed by atoms with Crippen LogP contribution in [0.3, 0.4) is 0 Å². The summed E-state index contributed by atoms with van der Waals surface area (Å²) >= 11 is 24.5. The van der Waals surface area contributed by atoms with Gasteiger partial charge in [-0.1, -0.05) is 58.6 Å². The highest BCUT2D eigenvalue weighted by molar-refractivity contribution is 7.92. The number of ether oxygens (including phenoxy) is 4. The van der Waals surface area contributed by atoms with Gasteiger partial charge in [0.1, 0.15) is 33.8 Å². The zero-order valence-corrected chi connectivity index (χ0v) is 39.9. The minimum Gasteiger partial charge on any atom is -0.350 e. The van der Waals surface area contributed by atoms with Crippen molar-refractivity contribution in [1.82, 2.24) is 9.97 Å². The molecule has 356 valence electrons. The smallest absolute Gasteiger partial charge is 0.189 e. The number of benzene rings is 4. The van der Waals surface area contributed by atoms with Crippen molar-refractivity contribution in [3.8, 4) is 0 Å².